The molecule has 2 N–H and O–H groups in total. The number of nitrogens with one attached hydrogen (secondary N) is 2. The molecule has 0 spiro atoms. The van der Waals surface area contributed by atoms with E-state index in [1.54, 1.807) is 19.9 Å². The summed E-state index contributed by atoms with van der Waals surface area (Å²) in [5.41, 5.74) is 4.01. The Bertz CT molecular complexity index is 1220. The molecule has 9 heteroatoms. The summed E-state index contributed by atoms with van der Waals surface area (Å²) in [4.78, 5) is 24.7. The topological polar surface area (TPSA) is 105 Å². The lowest BCUT2D eigenvalue weighted by molar-refractivity contribution is -0.123. The van der Waals surface area contributed by atoms with Gasteiger partial charge in [0.1, 0.15) is 5.75 Å². The molecule has 0 saturated carbocycles. The molecule has 0 aliphatic carbocycles. The second-order valence-electron chi connectivity index (χ2n) is 8.83. The maximum atomic E-state index is 13.4. The zero-order valence-corrected chi connectivity index (χ0v) is 20.1. The van der Waals surface area contributed by atoms with Gasteiger partial charge in [0.05, 0.1) is 10.6 Å². The molecular formula is C24H29N3O5S. The zero-order chi connectivity index (χ0) is 23.9. The predicted molar refractivity (Wildman–Crippen MR) is 126 cm³/mol. The molecule has 0 aromatic heterocycles. The summed E-state index contributed by atoms with van der Waals surface area (Å²) in [6.07, 6.45) is 0.204. The highest BCUT2D eigenvalue weighted by atomic mass is 32.2. The van der Waals surface area contributed by atoms with Gasteiger partial charge < -0.3 is 15.4 Å². The van der Waals surface area contributed by atoms with E-state index in [1.807, 2.05) is 32.0 Å². The summed E-state index contributed by atoms with van der Waals surface area (Å²) < 4.78 is 33.7. The van der Waals surface area contributed by atoms with Gasteiger partial charge in [-0.25, -0.2) is 8.42 Å². The van der Waals surface area contributed by atoms with Gasteiger partial charge in [0.25, 0.3) is 5.91 Å². The average molecular weight is 472 g/mol. The monoisotopic (exact) mass is 471 g/mol. The Morgan fingerprint density at radius 3 is 2.42 bits per heavy atom. The van der Waals surface area contributed by atoms with Crippen molar-refractivity contribution in [1.29, 1.82) is 0 Å². The maximum absolute atomic E-state index is 13.4. The number of nitrogens with zero attached hydrogens (tertiary/aromatic N) is 1. The van der Waals surface area contributed by atoms with Crippen LogP contribution in [0.4, 0.5) is 11.4 Å². The highest BCUT2D eigenvalue weighted by Crippen LogP contribution is 2.36. The third-order valence-electron chi connectivity index (χ3n) is 6.42. The van der Waals surface area contributed by atoms with Gasteiger partial charge in [-0.05, 0) is 75.4 Å². The van der Waals surface area contributed by atoms with Gasteiger partial charge in [0.15, 0.2) is 6.10 Å². The molecule has 2 aliphatic heterocycles. The zero-order valence-electron chi connectivity index (χ0n) is 19.3. The summed E-state index contributed by atoms with van der Waals surface area (Å²) in [6.45, 7) is 7.84. The quantitative estimate of drug-likeness (QED) is 0.711. The van der Waals surface area contributed by atoms with E-state index in [9.17, 15) is 18.0 Å². The molecule has 8 nitrogen and oxygen atoms in total. The fourth-order valence-electron chi connectivity index (χ4n) is 4.18. The van der Waals surface area contributed by atoms with Gasteiger partial charge >= 0.3 is 0 Å². The van der Waals surface area contributed by atoms with Crippen LogP contribution in [-0.4, -0.2) is 43.7 Å². The predicted octanol–water partition coefficient (Wildman–Crippen LogP) is 3.37. The number of hydrogen-bond donors (Lipinski definition) is 2. The van der Waals surface area contributed by atoms with Crippen LogP contribution in [0.3, 0.4) is 0 Å². The highest BCUT2D eigenvalue weighted by Gasteiger charge is 2.34. The van der Waals surface area contributed by atoms with Gasteiger partial charge in [-0.15, -0.1) is 0 Å². The molecule has 2 amide bonds. The smallest absolute Gasteiger partial charge is 0.265 e. The van der Waals surface area contributed by atoms with Gasteiger partial charge in [0, 0.05) is 30.8 Å². The van der Waals surface area contributed by atoms with Gasteiger partial charge in [-0.1, -0.05) is 6.07 Å². The van der Waals surface area contributed by atoms with E-state index >= 15 is 0 Å². The first-order valence-corrected chi connectivity index (χ1v) is 12.5. The van der Waals surface area contributed by atoms with Gasteiger partial charge in [-0.3, -0.25) is 9.59 Å². The number of amides is 2. The van der Waals surface area contributed by atoms with Crippen LogP contribution in [0, 0.1) is 26.7 Å². The van der Waals surface area contributed by atoms with E-state index < -0.39 is 16.1 Å². The van der Waals surface area contributed by atoms with E-state index in [-0.39, 0.29) is 35.7 Å². The average Bonchev–Trinajstić information content (AvgIpc) is 2.77. The van der Waals surface area contributed by atoms with Crippen LogP contribution < -0.4 is 15.4 Å². The number of fused-ring (bicyclic) bond motifs is 1. The van der Waals surface area contributed by atoms with Crippen LogP contribution in [0.5, 0.6) is 5.75 Å². The molecule has 2 aromatic carbocycles. The first kappa shape index (κ1) is 23.3. The molecule has 1 atom stereocenters. The second kappa shape index (κ2) is 8.79. The Labute approximate surface area is 194 Å². The minimum absolute atomic E-state index is 0.0848. The minimum Gasteiger partial charge on any atom is -0.479 e. The number of anilines is 2. The number of piperidine rings is 1. The number of hydrogen-bond acceptors (Lipinski definition) is 5. The normalized spacial score (nSPS) is 19.4. The Balaban J connectivity index is 1.45. The SMILES string of the molecule is Cc1ccc(NC(=O)C2CCN(S(=O)(=O)c3cc4c(cc3C)NC(=O)C(C)O4)CC2)cc1C. The number of carbonyl (C=O) groups excluding carboxylic acids is 2. The minimum atomic E-state index is -3.77. The summed E-state index contributed by atoms with van der Waals surface area (Å²) in [5, 5.41) is 5.69. The largest absolute Gasteiger partial charge is 0.479 e. The highest BCUT2D eigenvalue weighted by molar-refractivity contribution is 7.89. The number of sulfonamides is 1. The lowest BCUT2D eigenvalue weighted by Gasteiger charge is -2.31. The summed E-state index contributed by atoms with van der Waals surface area (Å²) >= 11 is 0. The van der Waals surface area contributed by atoms with E-state index in [1.165, 1.54) is 10.4 Å². The molecule has 1 fully saturated rings. The summed E-state index contributed by atoms with van der Waals surface area (Å²) in [7, 11) is -3.77. The van der Waals surface area contributed by atoms with Crippen LogP contribution in [0.25, 0.3) is 0 Å². The third-order valence-corrected chi connectivity index (χ3v) is 8.47. The molecule has 2 heterocycles. The number of benzene rings is 2. The maximum Gasteiger partial charge on any atom is 0.265 e. The Hall–Kier alpha value is -2.91. The molecule has 1 unspecified atom stereocenters. The van der Waals surface area contributed by atoms with E-state index in [4.69, 9.17) is 4.74 Å². The fourth-order valence-corrected chi connectivity index (χ4v) is 5.87. The molecule has 0 bridgehead atoms. The third kappa shape index (κ3) is 4.60. The van der Waals surface area contributed by atoms with Gasteiger partial charge in [0.2, 0.25) is 15.9 Å². The second-order valence-corrected chi connectivity index (χ2v) is 10.7. The van der Waals surface area contributed by atoms with E-state index in [0.29, 0.717) is 29.8 Å². The Morgan fingerprint density at radius 2 is 1.76 bits per heavy atom. The molecule has 1 saturated heterocycles. The van der Waals surface area contributed by atoms with Crippen LogP contribution in [-0.2, 0) is 19.6 Å². The van der Waals surface area contributed by atoms with Crippen molar-refractivity contribution in [2.45, 2.75) is 51.5 Å². The van der Waals surface area contributed by atoms with E-state index in [0.717, 1.165) is 16.8 Å². The van der Waals surface area contributed by atoms with Crippen LogP contribution in [0.15, 0.2) is 35.2 Å². The van der Waals surface area contributed by atoms with Crippen LogP contribution >= 0.6 is 0 Å². The van der Waals surface area contributed by atoms with Crippen molar-refractivity contribution in [2.75, 3.05) is 23.7 Å². The molecule has 2 aromatic rings. The number of carbonyl (C=O) groups is 2. The standard InChI is InChI=1S/C24H29N3O5S/c1-14-5-6-19(11-15(14)2)25-24(29)18-7-9-27(10-8-18)33(30,31)22-13-21-20(12-16(22)3)26-23(28)17(4)32-21/h5-6,11-13,17-18H,7-10H2,1-4H3,(H,25,29)(H,26,28). The molecule has 176 valence electrons. The van der Waals surface area contributed by atoms with Crippen molar-refractivity contribution < 1.29 is 22.7 Å². The van der Waals surface area contributed by atoms with Crippen molar-refractivity contribution in [2.24, 2.45) is 5.92 Å². The number of rotatable bonds is 4. The first-order valence-electron chi connectivity index (χ1n) is 11.1. The lowest BCUT2D eigenvalue weighted by atomic mass is 9.97. The molecule has 4 rings (SSSR count). The first-order chi connectivity index (χ1) is 15.6. The fraction of sp³-hybridized carbons (Fsp3) is 0.417. The molecular weight excluding hydrogens is 442 g/mol. The van der Waals surface area contributed by atoms with Crippen LogP contribution in [0.1, 0.15) is 36.5 Å². The molecule has 33 heavy (non-hydrogen) atoms. The van der Waals surface area contributed by atoms with Crippen molar-refractivity contribution in [3.05, 3.63) is 47.0 Å². The molecule has 2 aliphatic rings. The Kier molecular flexibility index (Phi) is 6.20. The summed E-state index contributed by atoms with van der Waals surface area (Å²) in [5.74, 6) is -0.256. The van der Waals surface area contributed by atoms with E-state index in [2.05, 4.69) is 10.6 Å². The molecule has 0 radical (unpaired) electrons. The van der Waals surface area contributed by atoms with Crippen molar-refractivity contribution in [1.82, 2.24) is 4.31 Å². The van der Waals surface area contributed by atoms with Gasteiger partial charge in [-0.2, -0.15) is 4.31 Å². The number of aryl methyl sites for hydroxylation is 3. The van der Waals surface area contributed by atoms with Crippen LogP contribution in [0.2, 0.25) is 0 Å². The Morgan fingerprint density at radius 1 is 1.06 bits per heavy atom. The van der Waals surface area contributed by atoms with Crippen molar-refractivity contribution >= 4 is 33.2 Å². The van der Waals surface area contributed by atoms with Crippen molar-refractivity contribution in [3.63, 3.8) is 0 Å². The lowest BCUT2D eigenvalue weighted by Crippen LogP contribution is -2.41. The summed E-state index contributed by atoms with van der Waals surface area (Å²) in [6, 6.07) is 8.89. The number of ether oxygens (including phenoxy) is 1. The van der Waals surface area contributed by atoms with Crippen molar-refractivity contribution in [3.8, 4) is 5.75 Å².